The molecule has 1 aromatic heterocycles. The van der Waals surface area contributed by atoms with Crippen LogP contribution in [0.1, 0.15) is 34.6 Å². The van der Waals surface area contributed by atoms with Gasteiger partial charge in [-0.05, 0) is 48.7 Å². The molecule has 156 valence electrons. The number of imidazole rings is 1. The second kappa shape index (κ2) is 9.65. The molecule has 1 aliphatic heterocycles. The van der Waals surface area contributed by atoms with Gasteiger partial charge in [0.1, 0.15) is 5.82 Å². The fraction of sp³-hybridized carbons (Fsp3) is 0.304. The fourth-order valence-corrected chi connectivity index (χ4v) is 3.97. The number of amides is 1. The molecule has 1 unspecified atom stereocenters. The Bertz CT molecular complexity index is 998. The van der Waals surface area contributed by atoms with Crippen molar-refractivity contribution in [2.24, 2.45) is 0 Å². The van der Waals surface area contributed by atoms with E-state index in [-0.39, 0.29) is 12.0 Å². The minimum atomic E-state index is -0.0607. The molecule has 1 amide bonds. The van der Waals surface area contributed by atoms with Gasteiger partial charge in [-0.1, -0.05) is 41.4 Å². The lowest BCUT2D eigenvalue weighted by atomic mass is 10.1. The second-order valence-corrected chi connectivity index (χ2v) is 8.23. The van der Waals surface area contributed by atoms with Crippen LogP contribution in [0.3, 0.4) is 0 Å². The Morgan fingerprint density at radius 3 is 2.70 bits per heavy atom. The van der Waals surface area contributed by atoms with E-state index >= 15 is 0 Å². The van der Waals surface area contributed by atoms with Gasteiger partial charge in [0.05, 0.1) is 19.2 Å². The Balaban J connectivity index is 1.56. The van der Waals surface area contributed by atoms with Crippen LogP contribution in [0.15, 0.2) is 60.9 Å². The highest BCUT2D eigenvalue weighted by atomic mass is 35.5. The first-order chi connectivity index (χ1) is 14.6. The third-order valence-corrected chi connectivity index (χ3v) is 5.88. The lowest BCUT2D eigenvalue weighted by Gasteiger charge is -2.26. The molecule has 0 spiro atoms. The van der Waals surface area contributed by atoms with Crippen molar-refractivity contribution in [3.8, 4) is 0 Å². The van der Waals surface area contributed by atoms with Gasteiger partial charge < -0.3 is 14.2 Å². The lowest BCUT2D eigenvalue weighted by molar-refractivity contribution is 0.0499. The van der Waals surface area contributed by atoms with Crippen LogP contribution < -0.4 is 0 Å². The summed E-state index contributed by atoms with van der Waals surface area (Å²) in [5.41, 5.74) is 1.61. The van der Waals surface area contributed by atoms with E-state index in [0.717, 1.165) is 30.8 Å². The number of hydrogen-bond donors (Lipinski definition) is 0. The minimum absolute atomic E-state index is 0.0493. The summed E-state index contributed by atoms with van der Waals surface area (Å²) >= 11 is 12.3. The fourth-order valence-electron chi connectivity index (χ4n) is 3.64. The van der Waals surface area contributed by atoms with E-state index in [0.29, 0.717) is 35.2 Å². The summed E-state index contributed by atoms with van der Waals surface area (Å²) in [6.07, 6.45) is 5.69. The Kier molecular flexibility index (Phi) is 6.72. The Morgan fingerprint density at radius 2 is 1.97 bits per heavy atom. The first-order valence-electron chi connectivity index (χ1n) is 10.00. The molecule has 2 aromatic carbocycles. The molecule has 3 aromatic rings. The quantitative estimate of drug-likeness (QED) is 0.512. The Morgan fingerprint density at radius 1 is 1.17 bits per heavy atom. The maximum absolute atomic E-state index is 13.3. The number of ether oxygens (including phenoxy) is 1. The van der Waals surface area contributed by atoms with Crippen molar-refractivity contribution in [3.63, 3.8) is 0 Å². The molecule has 5 nitrogen and oxygen atoms in total. The number of hydrogen-bond acceptors (Lipinski definition) is 3. The molecule has 1 saturated heterocycles. The van der Waals surface area contributed by atoms with E-state index < -0.39 is 0 Å². The van der Waals surface area contributed by atoms with E-state index in [4.69, 9.17) is 27.9 Å². The van der Waals surface area contributed by atoms with Crippen LogP contribution >= 0.6 is 23.2 Å². The van der Waals surface area contributed by atoms with Crippen molar-refractivity contribution in [2.75, 3.05) is 13.2 Å². The highest BCUT2D eigenvalue weighted by Crippen LogP contribution is 2.20. The number of carbonyl (C=O) groups excluding carboxylic acids is 1. The molecule has 0 bridgehead atoms. The van der Waals surface area contributed by atoms with Crippen molar-refractivity contribution in [1.29, 1.82) is 0 Å². The van der Waals surface area contributed by atoms with Crippen LogP contribution in [0.25, 0.3) is 0 Å². The number of nitrogens with zero attached hydrogens (tertiary/aromatic N) is 3. The van der Waals surface area contributed by atoms with E-state index in [2.05, 4.69) is 4.98 Å². The molecule has 30 heavy (non-hydrogen) atoms. The zero-order chi connectivity index (χ0) is 20.9. The average molecular weight is 444 g/mol. The lowest BCUT2D eigenvalue weighted by Crippen LogP contribution is -2.37. The van der Waals surface area contributed by atoms with E-state index in [1.165, 1.54) is 0 Å². The van der Waals surface area contributed by atoms with E-state index in [1.807, 2.05) is 39.9 Å². The number of rotatable bonds is 7. The maximum Gasteiger partial charge on any atom is 0.254 e. The highest BCUT2D eigenvalue weighted by Gasteiger charge is 2.25. The number of benzene rings is 2. The molecule has 0 radical (unpaired) electrons. The van der Waals surface area contributed by atoms with Crippen molar-refractivity contribution in [2.45, 2.75) is 32.0 Å². The van der Waals surface area contributed by atoms with Gasteiger partial charge >= 0.3 is 0 Å². The first kappa shape index (κ1) is 20.9. The first-order valence-corrected chi connectivity index (χ1v) is 10.8. The molecule has 2 heterocycles. The average Bonchev–Trinajstić information content (AvgIpc) is 3.42. The predicted molar refractivity (Wildman–Crippen MR) is 118 cm³/mol. The van der Waals surface area contributed by atoms with Crippen LogP contribution in [-0.2, 0) is 17.8 Å². The summed E-state index contributed by atoms with van der Waals surface area (Å²) in [5.74, 6) is 0.740. The molecular formula is C23H23Cl2N3O2. The maximum atomic E-state index is 13.3. The highest BCUT2D eigenvalue weighted by molar-refractivity contribution is 6.31. The van der Waals surface area contributed by atoms with Gasteiger partial charge in [-0.25, -0.2) is 4.98 Å². The second-order valence-electron chi connectivity index (χ2n) is 7.39. The SMILES string of the molecule is O=C(c1ccc(Cl)cc1)N(Cc1nccn1Cc1ccccc1Cl)CC1CCCO1. The summed E-state index contributed by atoms with van der Waals surface area (Å²) in [6.45, 7) is 2.26. The van der Waals surface area contributed by atoms with Gasteiger partial charge in [-0.3, -0.25) is 4.79 Å². The van der Waals surface area contributed by atoms with Crippen molar-refractivity contribution < 1.29 is 9.53 Å². The molecule has 0 saturated carbocycles. The van der Waals surface area contributed by atoms with Gasteiger partial charge in [-0.15, -0.1) is 0 Å². The van der Waals surface area contributed by atoms with Crippen LogP contribution in [0.4, 0.5) is 0 Å². The van der Waals surface area contributed by atoms with Crippen LogP contribution in [0, 0.1) is 0 Å². The molecule has 1 atom stereocenters. The van der Waals surface area contributed by atoms with Crippen LogP contribution in [0.2, 0.25) is 10.0 Å². The summed E-state index contributed by atoms with van der Waals surface area (Å²) in [4.78, 5) is 19.6. The predicted octanol–water partition coefficient (Wildman–Crippen LogP) is 5.06. The standard InChI is InChI=1S/C23H23Cl2N3O2/c24-19-9-7-17(8-10-19)23(29)28(15-20-5-3-13-30-20)16-22-26-11-12-27(22)14-18-4-1-2-6-21(18)25/h1-2,4,6-12,20H,3,5,13-16H2. The van der Waals surface area contributed by atoms with Crippen molar-refractivity contribution >= 4 is 29.1 Å². The van der Waals surface area contributed by atoms with Gasteiger partial charge in [0, 0.05) is 41.2 Å². The topological polar surface area (TPSA) is 47.4 Å². The van der Waals surface area contributed by atoms with E-state index in [1.54, 1.807) is 30.5 Å². The summed E-state index contributed by atoms with van der Waals surface area (Å²) < 4.78 is 7.82. The summed E-state index contributed by atoms with van der Waals surface area (Å²) in [7, 11) is 0. The van der Waals surface area contributed by atoms with Crippen molar-refractivity contribution in [3.05, 3.63) is 87.9 Å². The summed E-state index contributed by atoms with van der Waals surface area (Å²) in [5, 5.41) is 1.32. The Labute approximate surface area is 186 Å². The third kappa shape index (κ3) is 5.04. The Hall–Kier alpha value is -2.34. The normalized spacial score (nSPS) is 16.0. The third-order valence-electron chi connectivity index (χ3n) is 5.26. The van der Waals surface area contributed by atoms with Gasteiger partial charge in [0.2, 0.25) is 0 Å². The van der Waals surface area contributed by atoms with Gasteiger partial charge in [0.25, 0.3) is 5.91 Å². The zero-order valence-corrected chi connectivity index (χ0v) is 18.0. The number of aromatic nitrogens is 2. The van der Waals surface area contributed by atoms with Crippen LogP contribution in [0.5, 0.6) is 0 Å². The molecule has 1 fully saturated rings. The zero-order valence-electron chi connectivity index (χ0n) is 16.5. The molecule has 0 N–H and O–H groups in total. The van der Waals surface area contributed by atoms with Crippen LogP contribution in [-0.4, -0.2) is 39.6 Å². The smallest absolute Gasteiger partial charge is 0.254 e. The molecule has 1 aliphatic rings. The van der Waals surface area contributed by atoms with Crippen molar-refractivity contribution in [1.82, 2.24) is 14.5 Å². The number of carbonyl (C=O) groups is 1. The minimum Gasteiger partial charge on any atom is -0.376 e. The summed E-state index contributed by atoms with van der Waals surface area (Å²) in [6, 6.07) is 14.7. The molecule has 0 aliphatic carbocycles. The van der Waals surface area contributed by atoms with Gasteiger partial charge in [0.15, 0.2) is 0 Å². The largest absolute Gasteiger partial charge is 0.376 e. The number of halogens is 2. The monoisotopic (exact) mass is 443 g/mol. The van der Waals surface area contributed by atoms with Gasteiger partial charge in [-0.2, -0.15) is 0 Å². The molecular weight excluding hydrogens is 421 g/mol. The molecule has 7 heteroatoms. The van der Waals surface area contributed by atoms with E-state index in [9.17, 15) is 4.79 Å². The molecule has 4 rings (SSSR count).